The van der Waals surface area contributed by atoms with Crippen LogP contribution in [0, 0.1) is 0 Å². The maximum absolute atomic E-state index is 12.6. The quantitative estimate of drug-likeness (QED) is 0.536. The number of furan rings is 1. The lowest BCUT2D eigenvalue weighted by Gasteiger charge is -2.12. The lowest BCUT2D eigenvalue weighted by atomic mass is 9.94. The number of allylic oxidation sites excluding steroid dienone is 1. The molecule has 1 amide bonds. The van der Waals surface area contributed by atoms with Gasteiger partial charge in [0.25, 0.3) is 0 Å². The summed E-state index contributed by atoms with van der Waals surface area (Å²) in [5.74, 6) is 1.31. The molecule has 0 atom stereocenters. The largest absolute Gasteiger partial charge is 0.493 e. The molecule has 0 radical (unpaired) electrons. The molecule has 0 fully saturated rings. The van der Waals surface area contributed by atoms with Crippen LogP contribution in [0.2, 0.25) is 0 Å². The van der Waals surface area contributed by atoms with Crippen LogP contribution in [0.25, 0.3) is 16.5 Å². The van der Waals surface area contributed by atoms with Crippen LogP contribution in [0.4, 0.5) is 5.69 Å². The van der Waals surface area contributed by atoms with Crippen molar-refractivity contribution < 1.29 is 22.4 Å². The monoisotopic (exact) mass is 454 g/mol. The van der Waals surface area contributed by atoms with E-state index in [1.165, 1.54) is 29.8 Å². The maximum atomic E-state index is 12.6. The normalized spacial score (nSPS) is 14.3. The number of sulfonamides is 1. The zero-order valence-electron chi connectivity index (χ0n) is 18.1. The van der Waals surface area contributed by atoms with Crippen molar-refractivity contribution in [2.45, 2.75) is 44.4 Å². The summed E-state index contributed by atoms with van der Waals surface area (Å²) >= 11 is 0. The average Bonchev–Trinajstić information content (AvgIpc) is 3.10. The second-order valence-corrected chi connectivity index (χ2v) is 9.44. The molecule has 1 aliphatic carbocycles. The molecule has 168 valence electrons. The molecule has 3 N–H and O–H groups in total. The van der Waals surface area contributed by atoms with Gasteiger partial charge in [0, 0.05) is 40.8 Å². The van der Waals surface area contributed by atoms with E-state index in [0.717, 1.165) is 53.5 Å². The van der Waals surface area contributed by atoms with Crippen LogP contribution in [0.3, 0.4) is 0 Å². The molecule has 8 heteroatoms. The van der Waals surface area contributed by atoms with Gasteiger partial charge in [-0.3, -0.25) is 4.79 Å². The van der Waals surface area contributed by atoms with Crippen LogP contribution < -0.4 is 15.2 Å². The van der Waals surface area contributed by atoms with Gasteiger partial charge < -0.3 is 14.5 Å². The Bertz CT molecular complexity index is 1320. The summed E-state index contributed by atoms with van der Waals surface area (Å²) < 4.78 is 35.0. The van der Waals surface area contributed by atoms with E-state index in [4.69, 9.17) is 14.3 Å². The number of nitrogens with two attached hydrogens (primary N) is 1. The average molecular weight is 455 g/mol. The third-order valence-corrected chi connectivity index (χ3v) is 6.47. The smallest absolute Gasteiger partial charge is 0.248 e. The highest BCUT2D eigenvalue weighted by molar-refractivity contribution is 7.89. The summed E-state index contributed by atoms with van der Waals surface area (Å²) in [6, 6.07) is 9.76. The predicted octanol–water partition coefficient (Wildman–Crippen LogP) is 4.40. The number of rotatable bonds is 6. The number of nitrogens with one attached hydrogen (secondary N) is 1. The molecule has 1 heterocycles. The Labute approximate surface area is 187 Å². The van der Waals surface area contributed by atoms with E-state index in [2.05, 4.69) is 5.32 Å². The van der Waals surface area contributed by atoms with Crippen LogP contribution >= 0.6 is 0 Å². The number of carbonyl (C=O) groups is 1. The second kappa shape index (κ2) is 8.80. The summed E-state index contributed by atoms with van der Waals surface area (Å²) in [6.45, 7) is 4.24. The first-order chi connectivity index (χ1) is 15.3. The van der Waals surface area contributed by atoms with Gasteiger partial charge in [0.1, 0.15) is 17.1 Å². The van der Waals surface area contributed by atoms with Crippen LogP contribution in [0.1, 0.15) is 43.6 Å². The number of hydrogen-bond donors (Lipinski definition) is 2. The van der Waals surface area contributed by atoms with E-state index >= 15 is 0 Å². The molecule has 32 heavy (non-hydrogen) atoms. The number of benzene rings is 2. The van der Waals surface area contributed by atoms with Crippen molar-refractivity contribution in [1.82, 2.24) is 0 Å². The van der Waals surface area contributed by atoms with Gasteiger partial charge in [0.05, 0.1) is 11.5 Å². The highest BCUT2D eigenvalue weighted by Crippen LogP contribution is 2.38. The first-order valence-electron chi connectivity index (χ1n) is 10.6. The van der Waals surface area contributed by atoms with Crippen molar-refractivity contribution in [2.24, 2.45) is 5.14 Å². The SMILES string of the molecule is CCOc1cc2oc3c(c2cc1/C(C)=C/C(=O)Nc1cccc(S(N)(=O)=O)c1)CCCC3. The number of hydrogen-bond acceptors (Lipinski definition) is 5. The molecule has 1 aromatic heterocycles. The van der Waals surface area contributed by atoms with Crippen LogP contribution in [-0.2, 0) is 27.7 Å². The van der Waals surface area contributed by atoms with Gasteiger partial charge in [-0.05, 0) is 62.9 Å². The molecule has 0 saturated carbocycles. The molecule has 0 saturated heterocycles. The van der Waals surface area contributed by atoms with Crippen molar-refractivity contribution in [3.05, 3.63) is 59.4 Å². The van der Waals surface area contributed by atoms with E-state index in [1.807, 2.05) is 26.0 Å². The highest BCUT2D eigenvalue weighted by Gasteiger charge is 2.20. The number of primary sulfonamides is 1. The van der Waals surface area contributed by atoms with E-state index in [9.17, 15) is 13.2 Å². The van der Waals surface area contributed by atoms with Gasteiger partial charge in [-0.1, -0.05) is 6.07 Å². The topological polar surface area (TPSA) is 112 Å². The maximum Gasteiger partial charge on any atom is 0.248 e. The summed E-state index contributed by atoms with van der Waals surface area (Å²) in [7, 11) is -3.85. The fourth-order valence-electron chi connectivity index (χ4n) is 4.08. The summed E-state index contributed by atoms with van der Waals surface area (Å²) in [5.41, 5.74) is 3.94. The first-order valence-corrected chi connectivity index (χ1v) is 12.1. The molecule has 3 aromatic rings. The van der Waals surface area contributed by atoms with Gasteiger partial charge in [0.15, 0.2) is 0 Å². The third kappa shape index (κ3) is 4.56. The zero-order valence-corrected chi connectivity index (χ0v) is 18.9. The highest BCUT2D eigenvalue weighted by atomic mass is 32.2. The van der Waals surface area contributed by atoms with Crippen LogP contribution in [-0.4, -0.2) is 20.9 Å². The summed E-state index contributed by atoms with van der Waals surface area (Å²) in [6.07, 6.45) is 5.67. The Kier molecular flexibility index (Phi) is 6.08. The Morgan fingerprint density at radius 2 is 2.00 bits per heavy atom. The van der Waals surface area contributed by atoms with E-state index in [-0.39, 0.29) is 10.8 Å². The number of carbonyl (C=O) groups excluding carboxylic acids is 1. The van der Waals surface area contributed by atoms with Crippen molar-refractivity contribution in [3.8, 4) is 5.75 Å². The third-order valence-electron chi connectivity index (χ3n) is 5.56. The molecular formula is C24H26N2O5S. The fraction of sp³-hybridized carbons (Fsp3) is 0.292. The van der Waals surface area contributed by atoms with Crippen molar-refractivity contribution >= 4 is 38.2 Å². The van der Waals surface area contributed by atoms with E-state index in [1.54, 1.807) is 6.07 Å². The summed E-state index contributed by atoms with van der Waals surface area (Å²) in [4.78, 5) is 12.6. The predicted molar refractivity (Wildman–Crippen MR) is 124 cm³/mol. The Morgan fingerprint density at radius 1 is 1.22 bits per heavy atom. The number of amides is 1. The minimum Gasteiger partial charge on any atom is -0.493 e. The van der Waals surface area contributed by atoms with Gasteiger partial charge >= 0.3 is 0 Å². The molecule has 4 rings (SSSR count). The Hall–Kier alpha value is -3.10. The van der Waals surface area contributed by atoms with E-state index in [0.29, 0.717) is 18.0 Å². The molecular weight excluding hydrogens is 428 g/mol. The molecule has 0 unspecified atom stereocenters. The minimum absolute atomic E-state index is 0.0650. The van der Waals surface area contributed by atoms with E-state index < -0.39 is 10.0 Å². The second-order valence-electron chi connectivity index (χ2n) is 7.88. The van der Waals surface area contributed by atoms with Crippen LogP contribution in [0.15, 0.2) is 51.8 Å². The molecule has 0 aliphatic heterocycles. The fourth-order valence-corrected chi connectivity index (χ4v) is 4.64. The molecule has 2 aromatic carbocycles. The van der Waals surface area contributed by atoms with Crippen LogP contribution in [0.5, 0.6) is 5.75 Å². The lowest BCUT2D eigenvalue weighted by Crippen LogP contribution is -2.13. The van der Waals surface area contributed by atoms with Gasteiger partial charge in [0.2, 0.25) is 15.9 Å². The lowest BCUT2D eigenvalue weighted by molar-refractivity contribution is -0.111. The Morgan fingerprint density at radius 3 is 2.75 bits per heavy atom. The number of fused-ring (bicyclic) bond motifs is 3. The zero-order chi connectivity index (χ0) is 22.9. The van der Waals surface area contributed by atoms with Gasteiger partial charge in [-0.2, -0.15) is 0 Å². The van der Waals surface area contributed by atoms with Crippen molar-refractivity contribution in [3.63, 3.8) is 0 Å². The standard InChI is InChI=1S/C24H26N2O5S/c1-3-30-22-14-23-20(18-9-4-5-10-21(18)31-23)13-19(22)15(2)11-24(27)26-16-7-6-8-17(12-16)32(25,28)29/h6-8,11-14H,3-5,9-10H2,1-2H3,(H,26,27)(H2,25,28,29)/b15-11+. The van der Waals surface area contributed by atoms with Gasteiger partial charge in [-0.15, -0.1) is 0 Å². The number of ether oxygens (including phenoxy) is 1. The minimum atomic E-state index is -3.85. The van der Waals surface area contributed by atoms with Crippen molar-refractivity contribution in [2.75, 3.05) is 11.9 Å². The number of aryl methyl sites for hydroxylation is 2. The molecule has 1 aliphatic rings. The number of anilines is 1. The molecule has 0 bridgehead atoms. The summed E-state index contributed by atoms with van der Waals surface area (Å²) in [5, 5.41) is 8.93. The van der Waals surface area contributed by atoms with Gasteiger partial charge in [-0.25, -0.2) is 13.6 Å². The molecule has 7 nitrogen and oxygen atoms in total. The Balaban J connectivity index is 1.66. The molecule has 0 spiro atoms. The van der Waals surface area contributed by atoms with Crippen molar-refractivity contribution in [1.29, 1.82) is 0 Å². The first kappa shape index (κ1) is 22.1.